The van der Waals surface area contributed by atoms with Crippen LogP contribution in [-0.4, -0.2) is 20.7 Å². The van der Waals surface area contributed by atoms with Crippen molar-refractivity contribution >= 4 is 23.5 Å². The second kappa shape index (κ2) is 6.50. The van der Waals surface area contributed by atoms with Crippen LogP contribution in [0, 0.1) is 5.92 Å². The SMILES string of the molecule is O=C(C1CC1)N1c2ncnn2[C@@H](c2ccc(Cl)cc2)C[C@H]1c1ccccc1. The predicted molar refractivity (Wildman–Crippen MR) is 104 cm³/mol. The molecule has 0 N–H and O–H groups in total. The molecule has 1 aliphatic heterocycles. The summed E-state index contributed by atoms with van der Waals surface area (Å²) in [7, 11) is 0. The molecule has 1 saturated carbocycles. The minimum atomic E-state index is -0.0586. The molecule has 1 aliphatic carbocycles. The molecule has 2 atom stereocenters. The first-order valence-electron chi connectivity index (χ1n) is 9.25. The molecule has 0 unspecified atom stereocenters. The number of amides is 1. The number of hydrogen-bond acceptors (Lipinski definition) is 3. The number of anilines is 1. The summed E-state index contributed by atoms with van der Waals surface area (Å²) < 4.78 is 1.88. The predicted octanol–water partition coefficient (Wildman–Crippen LogP) is 4.41. The van der Waals surface area contributed by atoms with Gasteiger partial charge in [-0.25, -0.2) is 4.68 Å². The molecule has 27 heavy (non-hydrogen) atoms. The number of carbonyl (C=O) groups is 1. The Morgan fingerprint density at radius 3 is 2.37 bits per heavy atom. The fourth-order valence-electron chi connectivity index (χ4n) is 3.89. The van der Waals surface area contributed by atoms with E-state index in [2.05, 4.69) is 22.2 Å². The highest BCUT2D eigenvalue weighted by Gasteiger charge is 2.44. The lowest BCUT2D eigenvalue weighted by molar-refractivity contribution is -0.120. The lowest BCUT2D eigenvalue weighted by Gasteiger charge is -2.39. The van der Waals surface area contributed by atoms with Crippen LogP contribution in [0.15, 0.2) is 60.9 Å². The number of benzene rings is 2. The minimum Gasteiger partial charge on any atom is -0.274 e. The molecule has 5 nitrogen and oxygen atoms in total. The first-order valence-corrected chi connectivity index (χ1v) is 9.63. The first kappa shape index (κ1) is 16.5. The Hall–Kier alpha value is -2.66. The Morgan fingerprint density at radius 1 is 0.963 bits per heavy atom. The van der Waals surface area contributed by atoms with Gasteiger partial charge in [-0.15, -0.1) is 0 Å². The molecule has 0 bridgehead atoms. The van der Waals surface area contributed by atoms with Crippen LogP contribution in [0.1, 0.15) is 42.5 Å². The lowest BCUT2D eigenvalue weighted by atomic mass is 9.91. The van der Waals surface area contributed by atoms with Crippen LogP contribution < -0.4 is 4.90 Å². The first-order chi connectivity index (χ1) is 13.2. The number of halogens is 1. The second-order valence-corrected chi connectivity index (χ2v) is 7.65. The maximum atomic E-state index is 13.1. The molecule has 0 spiro atoms. The quantitative estimate of drug-likeness (QED) is 0.678. The lowest BCUT2D eigenvalue weighted by Crippen LogP contribution is -2.43. The zero-order valence-electron chi connectivity index (χ0n) is 14.7. The van der Waals surface area contributed by atoms with Crippen LogP contribution in [0.5, 0.6) is 0 Å². The van der Waals surface area contributed by atoms with Gasteiger partial charge in [-0.3, -0.25) is 9.69 Å². The van der Waals surface area contributed by atoms with Gasteiger partial charge >= 0.3 is 0 Å². The molecular formula is C21H19ClN4O. The van der Waals surface area contributed by atoms with Gasteiger partial charge in [-0.05, 0) is 42.5 Å². The molecule has 136 valence electrons. The maximum Gasteiger partial charge on any atom is 0.233 e. The van der Waals surface area contributed by atoms with E-state index in [1.54, 1.807) is 6.33 Å². The number of fused-ring (bicyclic) bond motifs is 1. The summed E-state index contributed by atoms with van der Waals surface area (Å²) in [4.78, 5) is 19.5. The molecule has 2 heterocycles. The second-order valence-electron chi connectivity index (χ2n) is 7.22. The third-order valence-corrected chi connectivity index (χ3v) is 5.68. The number of rotatable bonds is 3. The molecule has 1 aromatic heterocycles. The normalized spacial score (nSPS) is 21.7. The minimum absolute atomic E-state index is 0.00762. The number of nitrogens with zero attached hydrogens (tertiary/aromatic N) is 4. The van der Waals surface area contributed by atoms with E-state index >= 15 is 0 Å². The number of carbonyl (C=O) groups excluding carboxylic acids is 1. The van der Waals surface area contributed by atoms with Crippen molar-refractivity contribution in [1.82, 2.24) is 14.8 Å². The van der Waals surface area contributed by atoms with E-state index in [0.29, 0.717) is 11.0 Å². The summed E-state index contributed by atoms with van der Waals surface area (Å²) in [6, 6.07) is 18.0. The molecule has 2 aromatic carbocycles. The third-order valence-electron chi connectivity index (χ3n) is 5.43. The smallest absolute Gasteiger partial charge is 0.233 e. The summed E-state index contributed by atoms with van der Waals surface area (Å²) >= 11 is 6.07. The van der Waals surface area contributed by atoms with Gasteiger partial charge in [-0.1, -0.05) is 54.1 Å². The zero-order valence-corrected chi connectivity index (χ0v) is 15.5. The monoisotopic (exact) mass is 378 g/mol. The van der Waals surface area contributed by atoms with Crippen molar-refractivity contribution in [2.24, 2.45) is 5.92 Å². The van der Waals surface area contributed by atoms with E-state index in [-0.39, 0.29) is 23.9 Å². The summed E-state index contributed by atoms with van der Waals surface area (Å²) in [5, 5.41) is 5.16. The highest BCUT2D eigenvalue weighted by molar-refractivity contribution is 6.30. The Labute approximate surface area is 162 Å². The van der Waals surface area contributed by atoms with Crippen molar-refractivity contribution in [2.75, 3.05) is 4.90 Å². The topological polar surface area (TPSA) is 51.0 Å². The molecule has 1 fully saturated rings. The number of hydrogen-bond donors (Lipinski definition) is 0. The van der Waals surface area contributed by atoms with Gasteiger partial charge in [0, 0.05) is 10.9 Å². The highest BCUT2D eigenvalue weighted by atomic mass is 35.5. The van der Waals surface area contributed by atoms with Crippen molar-refractivity contribution in [1.29, 1.82) is 0 Å². The van der Waals surface area contributed by atoms with E-state index in [4.69, 9.17) is 11.6 Å². The van der Waals surface area contributed by atoms with Crippen LogP contribution in [0.3, 0.4) is 0 Å². The van der Waals surface area contributed by atoms with Gasteiger partial charge in [0.05, 0.1) is 12.1 Å². The van der Waals surface area contributed by atoms with E-state index in [0.717, 1.165) is 30.4 Å². The fraction of sp³-hybridized carbons (Fsp3) is 0.286. The fourth-order valence-corrected chi connectivity index (χ4v) is 4.02. The van der Waals surface area contributed by atoms with E-state index < -0.39 is 0 Å². The summed E-state index contributed by atoms with van der Waals surface area (Å²) in [6.45, 7) is 0. The van der Waals surface area contributed by atoms with Gasteiger partial charge in [0.1, 0.15) is 6.33 Å². The third kappa shape index (κ3) is 2.92. The van der Waals surface area contributed by atoms with Crippen LogP contribution >= 0.6 is 11.6 Å². The van der Waals surface area contributed by atoms with Crippen LogP contribution in [0.2, 0.25) is 5.02 Å². The van der Waals surface area contributed by atoms with Crippen molar-refractivity contribution < 1.29 is 4.79 Å². The molecule has 0 saturated heterocycles. The van der Waals surface area contributed by atoms with E-state index in [9.17, 15) is 4.79 Å². The molecule has 1 amide bonds. The van der Waals surface area contributed by atoms with Gasteiger partial charge in [-0.2, -0.15) is 10.1 Å². The van der Waals surface area contributed by atoms with Crippen molar-refractivity contribution in [3.8, 4) is 0 Å². The molecule has 0 radical (unpaired) electrons. The van der Waals surface area contributed by atoms with Gasteiger partial charge in [0.2, 0.25) is 11.9 Å². The van der Waals surface area contributed by atoms with Gasteiger partial charge in [0.25, 0.3) is 0 Å². The highest BCUT2D eigenvalue weighted by Crippen LogP contribution is 2.44. The average molecular weight is 379 g/mol. The summed E-state index contributed by atoms with van der Waals surface area (Å²) in [5.41, 5.74) is 2.24. The Morgan fingerprint density at radius 2 is 1.67 bits per heavy atom. The zero-order chi connectivity index (χ0) is 18.4. The number of aromatic nitrogens is 3. The largest absolute Gasteiger partial charge is 0.274 e. The molecule has 6 heteroatoms. The van der Waals surface area contributed by atoms with Crippen LogP contribution in [-0.2, 0) is 4.79 Å². The van der Waals surface area contributed by atoms with Crippen LogP contribution in [0.25, 0.3) is 0 Å². The van der Waals surface area contributed by atoms with E-state index in [1.165, 1.54) is 0 Å². The van der Waals surface area contributed by atoms with Crippen molar-refractivity contribution in [3.05, 3.63) is 77.1 Å². The van der Waals surface area contributed by atoms with Crippen molar-refractivity contribution in [3.63, 3.8) is 0 Å². The Balaban J connectivity index is 1.62. The van der Waals surface area contributed by atoms with Gasteiger partial charge in [0.15, 0.2) is 0 Å². The Kier molecular flexibility index (Phi) is 3.97. The molecular weight excluding hydrogens is 360 g/mol. The molecule has 5 rings (SSSR count). The Bertz CT molecular complexity index is 965. The standard InChI is InChI=1S/C21H19ClN4O/c22-17-10-8-15(9-11-17)19-12-18(14-4-2-1-3-5-14)25(20(27)16-6-7-16)21-23-13-24-26(19)21/h1-5,8-11,13,16,18-19H,6-7,12H2/t18-,19+/m0/s1. The summed E-state index contributed by atoms with van der Waals surface area (Å²) in [6.07, 6.45) is 4.22. The van der Waals surface area contributed by atoms with Crippen molar-refractivity contribution in [2.45, 2.75) is 31.3 Å². The molecule has 3 aromatic rings. The molecule has 2 aliphatic rings. The van der Waals surface area contributed by atoms with Crippen LogP contribution in [0.4, 0.5) is 5.95 Å². The maximum absolute atomic E-state index is 13.1. The average Bonchev–Trinajstić information content (AvgIpc) is 3.44. The summed E-state index contributed by atoms with van der Waals surface area (Å²) in [5.74, 6) is 0.910. The van der Waals surface area contributed by atoms with E-state index in [1.807, 2.05) is 52.0 Å². The van der Waals surface area contributed by atoms with Gasteiger partial charge < -0.3 is 0 Å².